The van der Waals surface area contributed by atoms with E-state index in [0.29, 0.717) is 6.04 Å². The van der Waals surface area contributed by atoms with Crippen LogP contribution in [0.15, 0.2) is 35.2 Å². The molecule has 17 heavy (non-hydrogen) atoms. The fourth-order valence-corrected chi connectivity index (χ4v) is 3.03. The predicted octanol–water partition coefficient (Wildman–Crippen LogP) is 3.23. The van der Waals surface area contributed by atoms with Crippen LogP contribution in [0.3, 0.4) is 0 Å². The van der Waals surface area contributed by atoms with E-state index in [1.807, 2.05) is 17.8 Å². The van der Waals surface area contributed by atoms with E-state index in [0.717, 1.165) is 31.4 Å². The van der Waals surface area contributed by atoms with E-state index < -0.39 is 0 Å². The van der Waals surface area contributed by atoms with Crippen LogP contribution < -0.4 is 5.32 Å². The number of piperidine rings is 1. The molecule has 1 fully saturated rings. The standard InChI is InChI=1S/C14H19NOS/c16-14-10-4-6-12(15-14)7-5-11-17-13-8-2-1-3-9-13/h1-3,8-9,12H,4-7,10-11H2,(H,15,16). The van der Waals surface area contributed by atoms with Crippen molar-refractivity contribution in [1.29, 1.82) is 0 Å². The number of carbonyl (C=O) groups is 1. The summed E-state index contributed by atoms with van der Waals surface area (Å²) >= 11 is 1.90. The number of nitrogens with one attached hydrogen (secondary N) is 1. The number of hydrogen-bond acceptors (Lipinski definition) is 2. The van der Waals surface area contributed by atoms with Crippen LogP contribution in [0, 0.1) is 0 Å². The van der Waals surface area contributed by atoms with Gasteiger partial charge in [-0.2, -0.15) is 0 Å². The maximum Gasteiger partial charge on any atom is 0.220 e. The molecule has 1 heterocycles. The second-order valence-electron chi connectivity index (χ2n) is 4.46. The van der Waals surface area contributed by atoms with E-state index in [9.17, 15) is 4.79 Å². The molecule has 0 saturated carbocycles. The number of amides is 1. The monoisotopic (exact) mass is 249 g/mol. The first-order valence-electron chi connectivity index (χ1n) is 6.32. The van der Waals surface area contributed by atoms with Gasteiger partial charge in [0.2, 0.25) is 5.91 Å². The lowest BCUT2D eigenvalue weighted by molar-refractivity contribution is -0.123. The second kappa shape index (κ2) is 6.70. The van der Waals surface area contributed by atoms with Gasteiger partial charge < -0.3 is 5.32 Å². The van der Waals surface area contributed by atoms with Crippen molar-refractivity contribution in [1.82, 2.24) is 5.32 Å². The van der Waals surface area contributed by atoms with Gasteiger partial charge >= 0.3 is 0 Å². The first-order valence-corrected chi connectivity index (χ1v) is 7.30. The van der Waals surface area contributed by atoms with Gasteiger partial charge in [-0.15, -0.1) is 11.8 Å². The van der Waals surface area contributed by atoms with Gasteiger partial charge in [-0.1, -0.05) is 18.2 Å². The van der Waals surface area contributed by atoms with E-state index in [1.165, 1.54) is 11.3 Å². The van der Waals surface area contributed by atoms with Crippen LogP contribution in [0.25, 0.3) is 0 Å². The SMILES string of the molecule is O=C1CCCC(CCCSc2ccccc2)N1. The van der Waals surface area contributed by atoms with Gasteiger partial charge in [-0.3, -0.25) is 4.79 Å². The largest absolute Gasteiger partial charge is 0.353 e. The summed E-state index contributed by atoms with van der Waals surface area (Å²) in [7, 11) is 0. The highest BCUT2D eigenvalue weighted by Crippen LogP contribution is 2.20. The van der Waals surface area contributed by atoms with Crippen molar-refractivity contribution in [2.45, 2.75) is 43.0 Å². The van der Waals surface area contributed by atoms with Crippen LogP contribution in [0.4, 0.5) is 0 Å². The summed E-state index contributed by atoms with van der Waals surface area (Å²) in [5, 5.41) is 3.07. The molecule has 2 nitrogen and oxygen atoms in total. The minimum Gasteiger partial charge on any atom is -0.353 e. The topological polar surface area (TPSA) is 29.1 Å². The lowest BCUT2D eigenvalue weighted by Crippen LogP contribution is -2.38. The van der Waals surface area contributed by atoms with Crippen molar-refractivity contribution in [3.05, 3.63) is 30.3 Å². The molecule has 1 atom stereocenters. The number of benzene rings is 1. The van der Waals surface area contributed by atoms with Crippen LogP contribution in [-0.2, 0) is 4.79 Å². The lowest BCUT2D eigenvalue weighted by Gasteiger charge is -2.22. The smallest absolute Gasteiger partial charge is 0.220 e. The van der Waals surface area contributed by atoms with Crippen LogP contribution in [-0.4, -0.2) is 17.7 Å². The van der Waals surface area contributed by atoms with Gasteiger partial charge in [0.05, 0.1) is 0 Å². The summed E-state index contributed by atoms with van der Waals surface area (Å²) in [6.07, 6.45) is 5.22. The molecule has 1 N–H and O–H groups in total. The predicted molar refractivity (Wildman–Crippen MR) is 72.2 cm³/mol. The quantitative estimate of drug-likeness (QED) is 0.641. The van der Waals surface area contributed by atoms with Crippen molar-refractivity contribution in [3.8, 4) is 0 Å². The molecular formula is C14H19NOS. The fraction of sp³-hybridized carbons (Fsp3) is 0.500. The zero-order valence-electron chi connectivity index (χ0n) is 10.0. The van der Waals surface area contributed by atoms with E-state index in [2.05, 4.69) is 29.6 Å². The van der Waals surface area contributed by atoms with Gasteiger partial charge in [0.15, 0.2) is 0 Å². The Morgan fingerprint density at radius 2 is 2.12 bits per heavy atom. The molecule has 1 aliphatic heterocycles. The molecule has 0 aliphatic carbocycles. The maximum atomic E-state index is 11.2. The Bertz CT molecular complexity index is 352. The summed E-state index contributed by atoms with van der Waals surface area (Å²) in [6.45, 7) is 0. The molecule has 2 rings (SSSR count). The normalized spacial score (nSPS) is 20.0. The van der Waals surface area contributed by atoms with Gasteiger partial charge in [0.25, 0.3) is 0 Å². The maximum absolute atomic E-state index is 11.2. The summed E-state index contributed by atoms with van der Waals surface area (Å²) in [5.41, 5.74) is 0. The average Bonchev–Trinajstić information content (AvgIpc) is 2.36. The zero-order valence-corrected chi connectivity index (χ0v) is 10.8. The molecular weight excluding hydrogens is 230 g/mol. The van der Waals surface area contributed by atoms with E-state index >= 15 is 0 Å². The van der Waals surface area contributed by atoms with E-state index in [4.69, 9.17) is 0 Å². The van der Waals surface area contributed by atoms with Crippen LogP contribution >= 0.6 is 11.8 Å². The highest BCUT2D eigenvalue weighted by Gasteiger charge is 2.17. The van der Waals surface area contributed by atoms with Crippen LogP contribution in [0.1, 0.15) is 32.1 Å². The van der Waals surface area contributed by atoms with Gasteiger partial charge in [-0.05, 0) is 43.6 Å². The van der Waals surface area contributed by atoms with Gasteiger partial charge in [0.1, 0.15) is 0 Å². The molecule has 0 radical (unpaired) electrons. The second-order valence-corrected chi connectivity index (χ2v) is 5.63. The molecule has 3 heteroatoms. The fourth-order valence-electron chi connectivity index (χ4n) is 2.13. The molecule has 1 aromatic carbocycles. The van der Waals surface area contributed by atoms with Crippen LogP contribution in [0.5, 0.6) is 0 Å². The summed E-state index contributed by atoms with van der Waals surface area (Å²) in [5.74, 6) is 1.37. The highest BCUT2D eigenvalue weighted by atomic mass is 32.2. The molecule has 1 aromatic rings. The minimum atomic E-state index is 0.233. The molecule has 0 bridgehead atoms. The van der Waals surface area contributed by atoms with Crippen molar-refractivity contribution >= 4 is 17.7 Å². The Hall–Kier alpha value is -0.960. The third kappa shape index (κ3) is 4.43. The summed E-state index contributed by atoms with van der Waals surface area (Å²) < 4.78 is 0. The molecule has 1 aliphatic rings. The molecule has 0 aromatic heterocycles. The average molecular weight is 249 g/mol. The van der Waals surface area contributed by atoms with Crippen molar-refractivity contribution in [2.75, 3.05) is 5.75 Å². The van der Waals surface area contributed by atoms with Crippen molar-refractivity contribution < 1.29 is 4.79 Å². The number of thioether (sulfide) groups is 1. The zero-order chi connectivity index (χ0) is 11.9. The molecule has 1 saturated heterocycles. The van der Waals surface area contributed by atoms with Gasteiger partial charge in [-0.25, -0.2) is 0 Å². The highest BCUT2D eigenvalue weighted by molar-refractivity contribution is 7.99. The van der Waals surface area contributed by atoms with Crippen LogP contribution in [0.2, 0.25) is 0 Å². The summed E-state index contributed by atoms with van der Waals surface area (Å²) in [6, 6.07) is 10.9. The van der Waals surface area contributed by atoms with E-state index in [-0.39, 0.29) is 5.91 Å². The number of carbonyl (C=O) groups excluding carboxylic acids is 1. The third-order valence-electron chi connectivity index (χ3n) is 3.03. The minimum absolute atomic E-state index is 0.233. The Kier molecular flexibility index (Phi) is 4.92. The summed E-state index contributed by atoms with van der Waals surface area (Å²) in [4.78, 5) is 12.5. The Morgan fingerprint density at radius 1 is 1.29 bits per heavy atom. The first-order chi connectivity index (χ1) is 8.34. The Labute approximate surface area is 107 Å². The number of hydrogen-bond donors (Lipinski definition) is 1. The molecule has 1 amide bonds. The van der Waals surface area contributed by atoms with E-state index in [1.54, 1.807) is 0 Å². The van der Waals surface area contributed by atoms with Crippen molar-refractivity contribution in [3.63, 3.8) is 0 Å². The molecule has 92 valence electrons. The number of rotatable bonds is 5. The first kappa shape index (κ1) is 12.5. The third-order valence-corrected chi connectivity index (χ3v) is 4.13. The molecule has 0 spiro atoms. The van der Waals surface area contributed by atoms with Gasteiger partial charge in [0, 0.05) is 17.4 Å². The Balaban J connectivity index is 1.61. The van der Waals surface area contributed by atoms with Crippen molar-refractivity contribution in [2.24, 2.45) is 0 Å². The lowest BCUT2D eigenvalue weighted by atomic mass is 10.0. The Morgan fingerprint density at radius 3 is 2.88 bits per heavy atom. The molecule has 1 unspecified atom stereocenters.